The molecule has 0 spiro atoms. The Morgan fingerprint density at radius 3 is 2.28 bits per heavy atom. The minimum Gasteiger partial charge on any atom is -0.264 e. The first-order valence-electron chi connectivity index (χ1n) is 9.89. The molecule has 3 rings (SSSR count). The molecule has 1 aliphatic carbocycles. The maximum absolute atomic E-state index is 13.6. The summed E-state index contributed by atoms with van der Waals surface area (Å²) < 4.78 is 64.8. The topological polar surface area (TPSA) is 59.4 Å². The van der Waals surface area contributed by atoms with Crippen molar-refractivity contribution in [2.75, 3.05) is 5.75 Å². The highest BCUT2D eigenvalue weighted by Crippen LogP contribution is 2.43. The average Bonchev–Trinajstić information content (AvgIpc) is 3.08. The number of alkyl halides is 3. The van der Waals surface area contributed by atoms with Crippen molar-refractivity contribution in [3.05, 3.63) is 35.7 Å². The quantitative estimate of drug-likeness (QED) is 0.661. The van der Waals surface area contributed by atoms with Crippen molar-refractivity contribution in [1.82, 2.24) is 4.98 Å². The van der Waals surface area contributed by atoms with Gasteiger partial charge in [0, 0.05) is 30.1 Å². The fourth-order valence-corrected chi connectivity index (χ4v) is 5.40. The minimum atomic E-state index is -4.44. The van der Waals surface area contributed by atoms with Crippen molar-refractivity contribution in [2.45, 2.75) is 63.8 Å². The van der Waals surface area contributed by atoms with Gasteiger partial charge in [0.15, 0.2) is 9.84 Å². The molecule has 2 aliphatic rings. The Morgan fingerprint density at radius 2 is 1.76 bits per heavy atom. The van der Waals surface area contributed by atoms with Crippen LogP contribution in [0.1, 0.15) is 58.4 Å². The van der Waals surface area contributed by atoms with Crippen molar-refractivity contribution >= 4 is 21.2 Å². The van der Waals surface area contributed by atoms with Crippen LogP contribution in [0, 0.1) is 11.8 Å². The number of pyridine rings is 1. The maximum Gasteiger partial charge on any atom is 0.415 e. The average molecular weight is 429 g/mol. The van der Waals surface area contributed by atoms with Gasteiger partial charge in [0.05, 0.1) is 21.8 Å². The molecule has 29 heavy (non-hydrogen) atoms. The lowest BCUT2D eigenvalue weighted by Crippen LogP contribution is -2.35. The monoisotopic (exact) mass is 428 g/mol. The number of hydrogen-bond acceptors (Lipinski definition) is 4. The predicted molar refractivity (Wildman–Crippen MR) is 108 cm³/mol. The van der Waals surface area contributed by atoms with Crippen LogP contribution in [0.5, 0.6) is 0 Å². The molecule has 1 saturated carbocycles. The fraction of sp³-hybridized carbons (Fsp3) is 0.619. The van der Waals surface area contributed by atoms with Gasteiger partial charge in [-0.1, -0.05) is 0 Å². The maximum atomic E-state index is 13.6. The molecule has 0 unspecified atom stereocenters. The molecule has 1 aromatic rings. The molecule has 0 atom stereocenters. The molecule has 8 heteroatoms. The summed E-state index contributed by atoms with van der Waals surface area (Å²) in [6.45, 7) is 5.10. The minimum absolute atomic E-state index is 0.0296. The predicted octanol–water partition coefficient (Wildman–Crippen LogP) is 5.22. The number of nitrogens with zero attached hydrogens (tertiary/aromatic N) is 2. The number of aromatic nitrogens is 1. The van der Waals surface area contributed by atoms with E-state index < -0.39 is 26.3 Å². The molecule has 1 aliphatic heterocycles. The highest BCUT2D eigenvalue weighted by Gasteiger charge is 2.42. The Hall–Kier alpha value is -1.70. The summed E-state index contributed by atoms with van der Waals surface area (Å²) in [6, 6.07) is 3.19. The molecule has 0 amide bonds. The van der Waals surface area contributed by atoms with Crippen LogP contribution in [0.25, 0.3) is 5.70 Å². The summed E-state index contributed by atoms with van der Waals surface area (Å²) >= 11 is 0. The standard InChI is InChI=1S/C21H27F3N2O2S/c1-20(2,3)29(27,28)13-14-6-8-15(9-7-14)18-11-17(21(22,23)24)19(26-18)16-5-4-10-25-12-16/h4-5,10,12,14-15H,6-9,11,13H2,1-3H3. The molecule has 1 fully saturated rings. The third-order valence-electron chi connectivity index (χ3n) is 5.88. The van der Waals surface area contributed by atoms with Gasteiger partial charge in [0.25, 0.3) is 0 Å². The normalized spacial score (nSPS) is 24.0. The lowest BCUT2D eigenvalue weighted by Gasteiger charge is -2.30. The van der Waals surface area contributed by atoms with E-state index in [2.05, 4.69) is 9.98 Å². The lowest BCUT2D eigenvalue weighted by atomic mass is 9.79. The van der Waals surface area contributed by atoms with E-state index in [9.17, 15) is 21.6 Å². The molecule has 4 nitrogen and oxygen atoms in total. The van der Waals surface area contributed by atoms with Crippen LogP contribution in [0.4, 0.5) is 13.2 Å². The van der Waals surface area contributed by atoms with E-state index in [0.29, 0.717) is 37.0 Å². The first kappa shape index (κ1) is 22.0. The second-order valence-electron chi connectivity index (χ2n) is 8.96. The summed E-state index contributed by atoms with van der Waals surface area (Å²) in [4.78, 5) is 8.31. The van der Waals surface area contributed by atoms with E-state index >= 15 is 0 Å². The van der Waals surface area contributed by atoms with Crippen molar-refractivity contribution < 1.29 is 21.6 Å². The summed E-state index contributed by atoms with van der Waals surface area (Å²) in [5, 5.41) is 0. The molecule has 0 saturated heterocycles. The van der Waals surface area contributed by atoms with Crippen LogP contribution >= 0.6 is 0 Å². The van der Waals surface area contributed by atoms with Crippen LogP contribution in [0.3, 0.4) is 0 Å². The molecular weight excluding hydrogens is 401 g/mol. The molecule has 160 valence electrons. The van der Waals surface area contributed by atoms with Gasteiger partial charge in [0.1, 0.15) is 0 Å². The van der Waals surface area contributed by atoms with E-state index in [0.717, 1.165) is 0 Å². The fourth-order valence-electron chi connectivity index (χ4n) is 3.95. The van der Waals surface area contributed by atoms with Crippen molar-refractivity contribution in [2.24, 2.45) is 16.8 Å². The molecule has 0 bridgehead atoms. The van der Waals surface area contributed by atoms with Crippen molar-refractivity contribution in [1.29, 1.82) is 0 Å². The van der Waals surface area contributed by atoms with E-state index in [1.165, 1.54) is 12.4 Å². The number of halogens is 3. The third kappa shape index (κ3) is 4.90. The van der Waals surface area contributed by atoms with Crippen molar-refractivity contribution in [3.63, 3.8) is 0 Å². The van der Waals surface area contributed by atoms with Gasteiger partial charge in [-0.3, -0.25) is 9.98 Å². The van der Waals surface area contributed by atoms with E-state index in [1.807, 2.05) is 0 Å². The third-order valence-corrected chi connectivity index (χ3v) is 8.66. The number of sulfone groups is 1. The van der Waals surface area contributed by atoms with Gasteiger partial charge < -0.3 is 0 Å². The Bertz CT molecular complexity index is 905. The molecule has 0 aromatic carbocycles. The molecule has 0 radical (unpaired) electrons. The van der Waals surface area contributed by atoms with E-state index in [4.69, 9.17) is 0 Å². The Morgan fingerprint density at radius 1 is 1.10 bits per heavy atom. The van der Waals surface area contributed by atoms with Gasteiger partial charge in [0.2, 0.25) is 0 Å². The molecular formula is C21H27F3N2O2S. The zero-order valence-corrected chi connectivity index (χ0v) is 17.8. The first-order chi connectivity index (χ1) is 13.4. The van der Waals surface area contributed by atoms with E-state index in [-0.39, 0.29) is 29.7 Å². The second kappa shape index (κ2) is 7.85. The number of aliphatic imine (C=N–C) groups is 1. The summed E-state index contributed by atoms with van der Waals surface area (Å²) in [5.41, 5.74) is 0.295. The molecule has 2 heterocycles. The zero-order chi connectivity index (χ0) is 21.4. The number of allylic oxidation sites excluding steroid dienone is 1. The van der Waals surface area contributed by atoms with Gasteiger partial charge in [-0.05, 0) is 70.4 Å². The van der Waals surface area contributed by atoms with E-state index in [1.54, 1.807) is 32.9 Å². The Kier molecular flexibility index (Phi) is 5.96. The van der Waals surface area contributed by atoms with Crippen LogP contribution in [0.15, 0.2) is 35.1 Å². The van der Waals surface area contributed by atoms with Gasteiger partial charge in [-0.25, -0.2) is 8.42 Å². The smallest absolute Gasteiger partial charge is 0.264 e. The second-order valence-corrected chi connectivity index (χ2v) is 11.7. The van der Waals surface area contributed by atoms with Crippen molar-refractivity contribution in [3.8, 4) is 0 Å². The Labute approximate surface area is 170 Å². The Balaban J connectivity index is 1.71. The zero-order valence-electron chi connectivity index (χ0n) is 17.0. The van der Waals surface area contributed by atoms with Crippen LogP contribution in [-0.4, -0.2) is 35.8 Å². The van der Waals surface area contributed by atoms with Gasteiger partial charge in [-0.2, -0.15) is 13.2 Å². The largest absolute Gasteiger partial charge is 0.415 e. The lowest BCUT2D eigenvalue weighted by molar-refractivity contribution is -0.0917. The highest BCUT2D eigenvalue weighted by atomic mass is 32.2. The number of rotatable bonds is 4. The first-order valence-corrected chi connectivity index (χ1v) is 11.5. The number of hydrogen-bond donors (Lipinski definition) is 0. The SMILES string of the molecule is CC(C)(C)S(=O)(=O)CC1CCC(C2=NC(c3cccnc3)=C(C(F)(F)F)C2)CC1. The van der Waals surface area contributed by atoms with Crippen LogP contribution in [-0.2, 0) is 9.84 Å². The van der Waals surface area contributed by atoms with Gasteiger partial charge >= 0.3 is 6.18 Å². The summed E-state index contributed by atoms with van der Waals surface area (Å²) in [6.07, 6.45) is 1.04. The highest BCUT2D eigenvalue weighted by molar-refractivity contribution is 7.92. The molecule has 0 N–H and O–H groups in total. The summed E-state index contributed by atoms with van der Waals surface area (Å²) in [7, 11) is -3.20. The summed E-state index contributed by atoms with van der Waals surface area (Å²) in [5.74, 6) is 0.170. The molecule has 1 aromatic heterocycles. The van der Waals surface area contributed by atoms with Crippen LogP contribution in [0.2, 0.25) is 0 Å². The van der Waals surface area contributed by atoms with Gasteiger partial charge in [-0.15, -0.1) is 0 Å². The van der Waals surface area contributed by atoms with Crippen LogP contribution < -0.4 is 0 Å².